The van der Waals surface area contributed by atoms with Gasteiger partial charge in [-0.25, -0.2) is 4.98 Å². The van der Waals surface area contributed by atoms with Crippen LogP contribution in [0.5, 0.6) is 5.75 Å². The first-order valence-corrected chi connectivity index (χ1v) is 6.68. The van der Waals surface area contributed by atoms with Crippen LogP contribution in [0.4, 0.5) is 8.78 Å². The number of para-hydroxylation sites is 1. The van der Waals surface area contributed by atoms with E-state index in [1.54, 1.807) is 24.4 Å². The van der Waals surface area contributed by atoms with Gasteiger partial charge in [0.05, 0.1) is 6.20 Å². The molecule has 0 radical (unpaired) electrons. The van der Waals surface area contributed by atoms with Gasteiger partial charge < -0.3 is 10.1 Å². The Hall–Kier alpha value is -1.24. The summed E-state index contributed by atoms with van der Waals surface area (Å²) >= 11 is 7.14. The number of hydrogen-bond acceptors (Lipinski definition) is 4. The van der Waals surface area contributed by atoms with Gasteiger partial charge in [-0.15, -0.1) is 11.3 Å². The number of benzene rings is 1. The number of aromatic nitrogens is 1. The third kappa shape index (κ3) is 4.41. The van der Waals surface area contributed by atoms with Gasteiger partial charge in [-0.3, -0.25) is 0 Å². The standard InChI is InChI=1S/C12H11ClF2N2OS/c13-10-6-17-11(19-10)7-16-5-8-3-1-2-4-9(8)18-12(14)15/h1-4,6,12,16H,5,7H2. The van der Waals surface area contributed by atoms with Gasteiger partial charge in [-0.2, -0.15) is 8.78 Å². The summed E-state index contributed by atoms with van der Waals surface area (Å²) in [5, 5.41) is 3.95. The van der Waals surface area contributed by atoms with E-state index in [-0.39, 0.29) is 5.75 Å². The second-order valence-corrected chi connectivity index (χ2v) is 5.39. The van der Waals surface area contributed by atoms with E-state index < -0.39 is 6.61 Å². The second-order valence-electron chi connectivity index (χ2n) is 3.65. The number of alkyl halides is 2. The molecule has 0 spiro atoms. The molecule has 0 atom stereocenters. The molecule has 0 fully saturated rings. The molecule has 102 valence electrons. The molecule has 0 bridgehead atoms. The molecule has 0 amide bonds. The van der Waals surface area contributed by atoms with Crippen LogP contribution in [0, 0.1) is 0 Å². The Morgan fingerprint density at radius 1 is 1.32 bits per heavy atom. The quantitative estimate of drug-likeness (QED) is 0.884. The van der Waals surface area contributed by atoms with Crippen molar-refractivity contribution in [1.29, 1.82) is 0 Å². The van der Waals surface area contributed by atoms with E-state index in [0.717, 1.165) is 5.01 Å². The van der Waals surface area contributed by atoms with Gasteiger partial charge in [-0.05, 0) is 6.07 Å². The maximum atomic E-state index is 12.2. The predicted molar refractivity (Wildman–Crippen MR) is 70.7 cm³/mol. The molecule has 0 unspecified atom stereocenters. The first-order valence-electron chi connectivity index (χ1n) is 5.49. The van der Waals surface area contributed by atoms with Crippen molar-refractivity contribution in [3.8, 4) is 5.75 Å². The molecule has 1 heterocycles. The first kappa shape index (κ1) is 14.2. The highest BCUT2D eigenvalue weighted by Gasteiger charge is 2.08. The van der Waals surface area contributed by atoms with Crippen LogP contribution in [0.25, 0.3) is 0 Å². The zero-order chi connectivity index (χ0) is 13.7. The Bertz CT molecular complexity index is 536. The van der Waals surface area contributed by atoms with Gasteiger partial charge in [0.1, 0.15) is 15.1 Å². The molecule has 0 saturated heterocycles. The number of thiazole rings is 1. The van der Waals surface area contributed by atoms with E-state index in [1.165, 1.54) is 17.4 Å². The van der Waals surface area contributed by atoms with Crippen molar-refractivity contribution < 1.29 is 13.5 Å². The Labute approximate surface area is 118 Å². The lowest BCUT2D eigenvalue weighted by molar-refractivity contribution is -0.0505. The van der Waals surface area contributed by atoms with Crippen molar-refractivity contribution in [3.63, 3.8) is 0 Å². The first-order chi connectivity index (χ1) is 9.15. The van der Waals surface area contributed by atoms with E-state index in [1.807, 2.05) is 0 Å². The number of ether oxygens (including phenoxy) is 1. The molecule has 0 saturated carbocycles. The third-order valence-corrected chi connectivity index (χ3v) is 3.42. The van der Waals surface area contributed by atoms with E-state index >= 15 is 0 Å². The molecule has 0 aliphatic carbocycles. The molecule has 0 aliphatic heterocycles. The van der Waals surface area contributed by atoms with Crippen LogP contribution in [0.1, 0.15) is 10.6 Å². The third-order valence-electron chi connectivity index (χ3n) is 2.31. The van der Waals surface area contributed by atoms with E-state index in [0.29, 0.717) is 23.0 Å². The van der Waals surface area contributed by atoms with Crippen molar-refractivity contribution in [2.24, 2.45) is 0 Å². The summed E-state index contributed by atoms with van der Waals surface area (Å²) in [6, 6.07) is 6.68. The van der Waals surface area contributed by atoms with Crippen molar-refractivity contribution >= 4 is 22.9 Å². The summed E-state index contributed by atoms with van der Waals surface area (Å²) in [5.74, 6) is 0.183. The molecule has 2 rings (SSSR count). The summed E-state index contributed by atoms with van der Waals surface area (Å²) in [4.78, 5) is 4.09. The highest BCUT2D eigenvalue weighted by Crippen LogP contribution is 2.21. The summed E-state index contributed by atoms with van der Waals surface area (Å²) in [5.41, 5.74) is 0.672. The summed E-state index contributed by atoms with van der Waals surface area (Å²) in [6.07, 6.45) is 1.58. The fraction of sp³-hybridized carbons (Fsp3) is 0.250. The Balaban J connectivity index is 1.92. The topological polar surface area (TPSA) is 34.1 Å². The van der Waals surface area contributed by atoms with Gasteiger partial charge in [0, 0.05) is 18.7 Å². The summed E-state index contributed by atoms with van der Waals surface area (Å²) < 4.78 is 29.5. The van der Waals surface area contributed by atoms with Crippen LogP contribution in [-0.2, 0) is 13.1 Å². The monoisotopic (exact) mass is 304 g/mol. The number of halogens is 3. The van der Waals surface area contributed by atoms with Gasteiger partial charge in [0.2, 0.25) is 0 Å². The molecule has 1 N–H and O–H groups in total. The maximum Gasteiger partial charge on any atom is 0.387 e. The van der Waals surface area contributed by atoms with E-state index in [2.05, 4.69) is 15.0 Å². The van der Waals surface area contributed by atoms with Gasteiger partial charge in [-0.1, -0.05) is 29.8 Å². The van der Waals surface area contributed by atoms with Crippen molar-refractivity contribution in [2.75, 3.05) is 0 Å². The largest absolute Gasteiger partial charge is 0.434 e. The normalized spacial score (nSPS) is 10.9. The minimum absolute atomic E-state index is 0.183. The van der Waals surface area contributed by atoms with Crippen LogP contribution >= 0.6 is 22.9 Å². The molecule has 0 aliphatic rings. The minimum Gasteiger partial charge on any atom is -0.434 e. The zero-order valence-corrected chi connectivity index (χ0v) is 11.3. The molecule has 3 nitrogen and oxygen atoms in total. The van der Waals surface area contributed by atoms with Gasteiger partial charge >= 0.3 is 6.61 Å². The lowest BCUT2D eigenvalue weighted by Crippen LogP contribution is -2.14. The van der Waals surface area contributed by atoms with Crippen molar-refractivity contribution in [3.05, 3.63) is 45.4 Å². The van der Waals surface area contributed by atoms with Gasteiger partial charge in [0.15, 0.2) is 0 Å². The van der Waals surface area contributed by atoms with Gasteiger partial charge in [0.25, 0.3) is 0 Å². The van der Waals surface area contributed by atoms with Crippen LogP contribution in [0.2, 0.25) is 4.34 Å². The van der Waals surface area contributed by atoms with Crippen molar-refractivity contribution in [2.45, 2.75) is 19.7 Å². The van der Waals surface area contributed by atoms with Crippen molar-refractivity contribution in [1.82, 2.24) is 10.3 Å². The highest BCUT2D eigenvalue weighted by molar-refractivity contribution is 7.15. The average molecular weight is 305 g/mol. The maximum absolute atomic E-state index is 12.2. The number of hydrogen-bond donors (Lipinski definition) is 1. The average Bonchev–Trinajstić information content (AvgIpc) is 2.77. The van der Waals surface area contributed by atoms with Crippen LogP contribution < -0.4 is 10.1 Å². The lowest BCUT2D eigenvalue weighted by atomic mass is 10.2. The summed E-state index contributed by atoms with van der Waals surface area (Å²) in [7, 11) is 0. The fourth-order valence-electron chi connectivity index (χ4n) is 1.53. The van der Waals surface area contributed by atoms with Crippen LogP contribution in [-0.4, -0.2) is 11.6 Å². The summed E-state index contributed by atoms with van der Waals surface area (Å²) in [6.45, 7) is -1.88. The highest BCUT2D eigenvalue weighted by atomic mass is 35.5. The Morgan fingerprint density at radius 2 is 2.11 bits per heavy atom. The van der Waals surface area contributed by atoms with Crippen LogP contribution in [0.3, 0.4) is 0 Å². The Morgan fingerprint density at radius 3 is 2.79 bits per heavy atom. The molecule has 7 heteroatoms. The molecule has 1 aromatic heterocycles. The molecule has 2 aromatic rings. The molecular formula is C12H11ClF2N2OS. The zero-order valence-electron chi connectivity index (χ0n) is 9.78. The Kier molecular flexibility index (Phi) is 5.07. The minimum atomic E-state index is -2.82. The molecular weight excluding hydrogens is 294 g/mol. The smallest absolute Gasteiger partial charge is 0.387 e. The number of nitrogens with zero attached hydrogens (tertiary/aromatic N) is 1. The van der Waals surface area contributed by atoms with E-state index in [9.17, 15) is 8.78 Å². The number of rotatable bonds is 6. The van der Waals surface area contributed by atoms with E-state index in [4.69, 9.17) is 11.6 Å². The molecule has 1 aromatic carbocycles. The predicted octanol–water partition coefficient (Wildman–Crippen LogP) is 3.69. The fourth-order valence-corrected chi connectivity index (χ4v) is 2.46. The second kappa shape index (κ2) is 6.79. The van der Waals surface area contributed by atoms with Crippen LogP contribution in [0.15, 0.2) is 30.5 Å². The number of nitrogens with one attached hydrogen (secondary N) is 1. The molecule has 19 heavy (non-hydrogen) atoms. The SMILES string of the molecule is FC(F)Oc1ccccc1CNCc1ncc(Cl)s1. The lowest BCUT2D eigenvalue weighted by Gasteiger charge is -2.10.